The van der Waals surface area contributed by atoms with Gasteiger partial charge in [0, 0.05) is 22.5 Å². The molecule has 27 heavy (non-hydrogen) atoms. The second kappa shape index (κ2) is 9.98. The van der Waals surface area contributed by atoms with Crippen LogP contribution in [0, 0.1) is 5.92 Å². The number of hydrogen-bond donors (Lipinski definition) is 2. The summed E-state index contributed by atoms with van der Waals surface area (Å²) in [5, 5.41) is 7.24. The van der Waals surface area contributed by atoms with Gasteiger partial charge in [0.05, 0.1) is 13.2 Å². The van der Waals surface area contributed by atoms with E-state index in [4.69, 9.17) is 16.3 Å². The number of piperidine rings is 1. The summed E-state index contributed by atoms with van der Waals surface area (Å²) in [5.74, 6) is 0.802. The molecule has 3 rings (SSSR count). The maximum Gasteiger partial charge on any atom is 0.223 e. The van der Waals surface area contributed by atoms with E-state index in [9.17, 15) is 4.79 Å². The summed E-state index contributed by atoms with van der Waals surface area (Å²) in [7, 11) is 1.64. The van der Waals surface area contributed by atoms with E-state index in [2.05, 4.69) is 17.6 Å². The number of rotatable bonds is 5. The number of carbonyl (C=O) groups excluding carboxylic acids is 1. The van der Waals surface area contributed by atoms with Crippen molar-refractivity contribution in [2.24, 2.45) is 5.92 Å². The first-order valence-corrected chi connectivity index (χ1v) is 9.39. The topological polar surface area (TPSA) is 50.4 Å². The summed E-state index contributed by atoms with van der Waals surface area (Å²) in [6.07, 6.45) is 1.68. The van der Waals surface area contributed by atoms with Crippen LogP contribution in [0.5, 0.6) is 5.75 Å². The number of halogens is 2. The Labute approximate surface area is 172 Å². The summed E-state index contributed by atoms with van der Waals surface area (Å²) in [6, 6.07) is 15.4. The summed E-state index contributed by atoms with van der Waals surface area (Å²) in [5.41, 5.74) is 1.77. The first-order chi connectivity index (χ1) is 12.6. The van der Waals surface area contributed by atoms with Gasteiger partial charge in [0.15, 0.2) is 0 Å². The Morgan fingerprint density at radius 1 is 1.19 bits per heavy atom. The molecule has 0 radical (unpaired) electrons. The minimum absolute atomic E-state index is 0. The molecule has 146 valence electrons. The predicted molar refractivity (Wildman–Crippen MR) is 112 cm³/mol. The van der Waals surface area contributed by atoms with Gasteiger partial charge in [-0.3, -0.25) is 4.79 Å². The van der Waals surface area contributed by atoms with Crippen molar-refractivity contribution in [2.45, 2.75) is 31.8 Å². The smallest absolute Gasteiger partial charge is 0.223 e. The molecule has 0 spiro atoms. The third kappa shape index (κ3) is 5.16. The maximum atomic E-state index is 13.0. The van der Waals surface area contributed by atoms with Gasteiger partial charge in [-0.05, 0) is 44.0 Å². The average Bonchev–Trinajstić information content (AvgIpc) is 2.66. The zero-order valence-electron chi connectivity index (χ0n) is 15.6. The van der Waals surface area contributed by atoms with Gasteiger partial charge in [0.1, 0.15) is 5.75 Å². The van der Waals surface area contributed by atoms with Gasteiger partial charge in [-0.15, -0.1) is 12.4 Å². The van der Waals surface area contributed by atoms with E-state index in [-0.39, 0.29) is 30.3 Å². The van der Waals surface area contributed by atoms with E-state index in [1.807, 2.05) is 48.5 Å². The highest BCUT2D eigenvalue weighted by atomic mass is 35.5. The second-order valence-corrected chi connectivity index (χ2v) is 7.19. The van der Waals surface area contributed by atoms with Crippen molar-refractivity contribution >= 4 is 29.9 Å². The van der Waals surface area contributed by atoms with Crippen LogP contribution in [0.4, 0.5) is 0 Å². The third-order valence-corrected chi connectivity index (χ3v) is 5.29. The number of methoxy groups -OCH3 is 1. The quantitative estimate of drug-likeness (QED) is 0.772. The molecule has 2 aromatic rings. The van der Waals surface area contributed by atoms with Crippen LogP contribution in [-0.4, -0.2) is 25.6 Å². The molecule has 1 saturated heterocycles. The van der Waals surface area contributed by atoms with Gasteiger partial charge in [-0.25, -0.2) is 0 Å². The molecule has 2 aromatic carbocycles. The van der Waals surface area contributed by atoms with Crippen LogP contribution in [0.25, 0.3) is 0 Å². The Morgan fingerprint density at radius 3 is 2.52 bits per heavy atom. The van der Waals surface area contributed by atoms with Crippen molar-refractivity contribution in [2.75, 3.05) is 13.7 Å². The minimum Gasteiger partial charge on any atom is -0.496 e. The Hall–Kier alpha value is -1.75. The monoisotopic (exact) mass is 408 g/mol. The van der Waals surface area contributed by atoms with E-state index in [0.717, 1.165) is 36.3 Å². The molecule has 1 amide bonds. The highest BCUT2D eigenvalue weighted by Gasteiger charge is 2.29. The van der Waals surface area contributed by atoms with E-state index in [0.29, 0.717) is 11.1 Å². The van der Waals surface area contributed by atoms with Crippen LogP contribution in [0.3, 0.4) is 0 Å². The summed E-state index contributed by atoms with van der Waals surface area (Å²) in [4.78, 5) is 13.0. The first kappa shape index (κ1) is 21.5. The Bertz CT molecular complexity index is 769. The molecule has 4 nitrogen and oxygen atoms in total. The zero-order chi connectivity index (χ0) is 18.5. The Balaban J connectivity index is 0.00000261. The van der Waals surface area contributed by atoms with Crippen LogP contribution < -0.4 is 15.4 Å². The summed E-state index contributed by atoms with van der Waals surface area (Å²) in [6.45, 7) is 2.98. The lowest BCUT2D eigenvalue weighted by Gasteiger charge is -2.30. The highest BCUT2D eigenvalue weighted by Crippen LogP contribution is 2.34. The number of nitrogens with one attached hydrogen (secondary N) is 2. The molecule has 0 saturated carbocycles. The van der Waals surface area contributed by atoms with Crippen LogP contribution >= 0.6 is 24.0 Å². The van der Waals surface area contributed by atoms with Crippen molar-refractivity contribution in [1.82, 2.24) is 10.6 Å². The number of para-hydroxylation sites is 1. The van der Waals surface area contributed by atoms with E-state index in [1.165, 1.54) is 0 Å². The SMILES string of the molecule is COc1ccccc1C(NC(=O)[C@H]1CCN[C@@H](C)C1)c1ccccc1Cl.Cl. The van der Waals surface area contributed by atoms with E-state index < -0.39 is 0 Å². The van der Waals surface area contributed by atoms with Crippen molar-refractivity contribution in [3.63, 3.8) is 0 Å². The van der Waals surface area contributed by atoms with Crippen LogP contribution in [0.2, 0.25) is 5.02 Å². The average molecular weight is 409 g/mol. The molecular formula is C21H26Cl2N2O2. The minimum atomic E-state index is -0.349. The van der Waals surface area contributed by atoms with Crippen LogP contribution in [0.15, 0.2) is 48.5 Å². The summed E-state index contributed by atoms with van der Waals surface area (Å²) >= 11 is 6.45. The van der Waals surface area contributed by atoms with E-state index >= 15 is 0 Å². The molecule has 3 atom stereocenters. The first-order valence-electron chi connectivity index (χ1n) is 9.01. The van der Waals surface area contributed by atoms with Crippen molar-refractivity contribution in [3.8, 4) is 5.75 Å². The number of benzene rings is 2. The van der Waals surface area contributed by atoms with Gasteiger partial charge in [0.25, 0.3) is 0 Å². The van der Waals surface area contributed by atoms with E-state index in [1.54, 1.807) is 7.11 Å². The van der Waals surface area contributed by atoms with Gasteiger partial charge < -0.3 is 15.4 Å². The van der Waals surface area contributed by atoms with Crippen molar-refractivity contribution in [1.29, 1.82) is 0 Å². The second-order valence-electron chi connectivity index (χ2n) is 6.78. The molecule has 1 fully saturated rings. The summed E-state index contributed by atoms with van der Waals surface area (Å²) < 4.78 is 5.53. The van der Waals surface area contributed by atoms with Crippen LogP contribution in [-0.2, 0) is 4.79 Å². The number of hydrogen-bond acceptors (Lipinski definition) is 3. The molecular weight excluding hydrogens is 383 g/mol. The Kier molecular flexibility index (Phi) is 7.96. The van der Waals surface area contributed by atoms with Gasteiger partial charge in [-0.1, -0.05) is 48.0 Å². The molecule has 1 aliphatic heterocycles. The number of carbonyl (C=O) groups is 1. The standard InChI is InChI=1S/C21H25ClN2O2.ClH/c1-14-13-15(11-12-23-14)21(25)24-20(16-7-3-5-9-18(16)22)17-8-4-6-10-19(17)26-2;/h3-10,14-15,20,23H,11-13H2,1-2H3,(H,24,25);1H/t14-,15-,20?;/m0./s1. The van der Waals surface area contributed by atoms with Crippen LogP contribution in [0.1, 0.15) is 36.9 Å². The molecule has 0 bridgehead atoms. The Morgan fingerprint density at radius 2 is 1.85 bits per heavy atom. The van der Waals surface area contributed by atoms with Gasteiger partial charge >= 0.3 is 0 Å². The highest BCUT2D eigenvalue weighted by molar-refractivity contribution is 6.31. The lowest BCUT2D eigenvalue weighted by molar-refractivity contribution is -0.126. The number of amides is 1. The predicted octanol–water partition coefficient (Wildman–Crippen LogP) is 4.36. The fraction of sp³-hybridized carbons (Fsp3) is 0.381. The van der Waals surface area contributed by atoms with Gasteiger partial charge in [0.2, 0.25) is 5.91 Å². The fourth-order valence-electron chi connectivity index (χ4n) is 3.57. The normalized spacial score (nSPS) is 20.3. The number of ether oxygens (including phenoxy) is 1. The molecule has 2 N–H and O–H groups in total. The lowest BCUT2D eigenvalue weighted by Crippen LogP contribution is -2.43. The molecule has 6 heteroatoms. The maximum absolute atomic E-state index is 13.0. The molecule has 1 heterocycles. The molecule has 1 aliphatic rings. The largest absolute Gasteiger partial charge is 0.496 e. The zero-order valence-corrected chi connectivity index (χ0v) is 17.1. The third-order valence-electron chi connectivity index (χ3n) is 4.95. The fourth-order valence-corrected chi connectivity index (χ4v) is 3.81. The van der Waals surface area contributed by atoms with Crippen molar-refractivity contribution in [3.05, 3.63) is 64.7 Å². The molecule has 0 aromatic heterocycles. The molecule has 1 unspecified atom stereocenters. The lowest BCUT2D eigenvalue weighted by atomic mass is 9.91. The van der Waals surface area contributed by atoms with Gasteiger partial charge in [-0.2, -0.15) is 0 Å². The molecule has 0 aliphatic carbocycles. The van der Waals surface area contributed by atoms with Crippen molar-refractivity contribution < 1.29 is 9.53 Å².